The fourth-order valence-electron chi connectivity index (χ4n) is 1.89. The summed E-state index contributed by atoms with van der Waals surface area (Å²) in [6.45, 7) is 0. The maximum atomic E-state index is 12.9. The molecule has 0 saturated carbocycles. The molecular weight excluding hydrogens is 353 g/mol. The second kappa shape index (κ2) is 8.27. The van der Waals surface area contributed by atoms with Crippen LogP contribution in [0.25, 0.3) is 0 Å². The molecule has 0 amide bonds. The van der Waals surface area contributed by atoms with E-state index in [0.29, 0.717) is 5.75 Å². The van der Waals surface area contributed by atoms with Crippen LogP contribution in [-0.2, 0) is 20.6 Å². The van der Waals surface area contributed by atoms with Crippen molar-refractivity contribution in [1.82, 2.24) is 4.72 Å². The molecule has 1 N–H and O–H groups in total. The average Bonchev–Trinajstić information content (AvgIpc) is 2.55. The summed E-state index contributed by atoms with van der Waals surface area (Å²) < 4.78 is 39.3. The van der Waals surface area contributed by atoms with E-state index < -0.39 is 27.9 Å². The first-order chi connectivity index (χ1) is 11.4. The molecule has 2 aromatic carbocycles. The van der Waals surface area contributed by atoms with Crippen LogP contribution in [-0.4, -0.2) is 26.2 Å². The van der Waals surface area contributed by atoms with Gasteiger partial charge in [-0.25, -0.2) is 17.5 Å². The van der Waals surface area contributed by atoms with E-state index in [1.807, 2.05) is 30.3 Å². The molecule has 0 spiro atoms. The Morgan fingerprint density at radius 1 is 1.12 bits per heavy atom. The second-order valence-electron chi connectivity index (χ2n) is 4.95. The molecule has 0 radical (unpaired) electrons. The predicted molar refractivity (Wildman–Crippen MR) is 88.1 cm³/mol. The lowest BCUT2D eigenvalue weighted by molar-refractivity contribution is -0.307. The summed E-state index contributed by atoms with van der Waals surface area (Å²) in [5, 5.41) is 11.2. The molecule has 0 unspecified atom stereocenters. The summed E-state index contributed by atoms with van der Waals surface area (Å²) in [4.78, 5) is 11.0. The van der Waals surface area contributed by atoms with Gasteiger partial charge in [0.05, 0.1) is 16.9 Å². The van der Waals surface area contributed by atoms with Crippen molar-refractivity contribution in [2.45, 2.75) is 16.7 Å². The van der Waals surface area contributed by atoms with Gasteiger partial charge in [-0.1, -0.05) is 30.3 Å². The van der Waals surface area contributed by atoms with E-state index in [-0.39, 0.29) is 10.6 Å². The normalized spacial score (nSPS) is 12.7. The van der Waals surface area contributed by atoms with Crippen molar-refractivity contribution in [2.24, 2.45) is 0 Å². The molecule has 1 atom stereocenters. The molecule has 0 aromatic heterocycles. The van der Waals surface area contributed by atoms with E-state index >= 15 is 0 Å². The third-order valence-electron chi connectivity index (χ3n) is 3.10. The zero-order valence-corrected chi connectivity index (χ0v) is 14.1. The van der Waals surface area contributed by atoms with Crippen LogP contribution in [0.15, 0.2) is 59.5 Å². The molecular formula is C16H15FNO4S2-. The van der Waals surface area contributed by atoms with Crippen LogP contribution in [0.4, 0.5) is 4.39 Å². The lowest BCUT2D eigenvalue weighted by atomic mass is 10.2. The van der Waals surface area contributed by atoms with Gasteiger partial charge in [0, 0.05) is 11.5 Å². The lowest BCUT2D eigenvalue weighted by Gasteiger charge is -2.19. The summed E-state index contributed by atoms with van der Waals surface area (Å²) in [5.74, 6) is -1.54. The zero-order valence-electron chi connectivity index (χ0n) is 12.5. The molecule has 0 fully saturated rings. The van der Waals surface area contributed by atoms with E-state index in [2.05, 4.69) is 4.72 Å². The number of carbonyl (C=O) groups is 1. The van der Waals surface area contributed by atoms with Gasteiger partial charge in [-0.15, -0.1) is 0 Å². The molecule has 24 heavy (non-hydrogen) atoms. The topological polar surface area (TPSA) is 86.3 Å². The Morgan fingerprint density at radius 3 is 2.33 bits per heavy atom. The van der Waals surface area contributed by atoms with E-state index in [9.17, 15) is 22.7 Å². The molecule has 0 aliphatic carbocycles. The van der Waals surface area contributed by atoms with Gasteiger partial charge in [0.15, 0.2) is 0 Å². The number of thioether (sulfide) groups is 1. The summed E-state index contributed by atoms with van der Waals surface area (Å²) in [6.07, 6.45) is 0. The maximum absolute atomic E-state index is 12.9. The minimum absolute atomic E-state index is 0.0116. The van der Waals surface area contributed by atoms with E-state index in [1.54, 1.807) is 0 Å². The van der Waals surface area contributed by atoms with Crippen LogP contribution in [0.3, 0.4) is 0 Å². The Labute approximate surface area is 144 Å². The highest BCUT2D eigenvalue weighted by atomic mass is 32.2. The van der Waals surface area contributed by atoms with Crippen LogP contribution < -0.4 is 9.83 Å². The number of sulfonamides is 1. The molecule has 2 rings (SSSR count). The quantitative estimate of drug-likeness (QED) is 0.756. The number of carbonyl (C=O) groups excluding carboxylic acids is 1. The molecule has 0 aliphatic heterocycles. The number of rotatable bonds is 8. The Hall–Kier alpha value is -1.90. The van der Waals surface area contributed by atoms with Gasteiger partial charge in [0.2, 0.25) is 10.0 Å². The summed E-state index contributed by atoms with van der Waals surface area (Å²) in [6, 6.07) is 12.1. The minimum Gasteiger partial charge on any atom is -0.548 e. The highest BCUT2D eigenvalue weighted by Gasteiger charge is 2.21. The van der Waals surface area contributed by atoms with Gasteiger partial charge in [-0.05, 0) is 29.8 Å². The average molecular weight is 368 g/mol. The van der Waals surface area contributed by atoms with E-state index in [0.717, 1.165) is 29.8 Å². The fourth-order valence-corrected chi connectivity index (χ4v) is 4.18. The minimum atomic E-state index is -4.07. The first kappa shape index (κ1) is 18.4. The number of carboxylic acid groups (broad SMARTS) is 1. The second-order valence-corrected chi connectivity index (χ2v) is 7.69. The Bertz CT molecular complexity index is 779. The number of nitrogens with one attached hydrogen (secondary N) is 1. The monoisotopic (exact) mass is 368 g/mol. The van der Waals surface area contributed by atoms with Crippen LogP contribution in [0.5, 0.6) is 0 Å². The number of benzene rings is 2. The van der Waals surface area contributed by atoms with Crippen LogP contribution >= 0.6 is 11.8 Å². The van der Waals surface area contributed by atoms with Gasteiger partial charge in [-0.2, -0.15) is 11.8 Å². The lowest BCUT2D eigenvalue weighted by Crippen LogP contribution is -2.49. The molecule has 128 valence electrons. The third kappa shape index (κ3) is 5.33. The van der Waals surface area contributed by atoms with Crippen LogP contribution in [0.2, 0.25) is 0 Å². The number of hydrogen-bond acceptors (Lipinski definition) is 5. The van der Waals surface area contributed by atoms with Gasteiger partial charge in [-0.3, -0.25) is 0 Å². The highest BCUT2D eigenvalue weighted by molar-refractivity contribution is 7.98. The van der Waals surface area contributed by atoms with Crippen molar-refractivity contribution in [2.75, 3.05) is 5.75 Å². The summed E-state index contributed by atoms with van der Waals surface area (Å²) in [5.41, 5.74) is 1.00. The van der Waals surface area contributed by atoms with Crippen molar-refractivity contribution in [3.63, 3.8) is 0 Å². The highest BCUT2D eigenvalue weighted by Crippen LogP contribution is 2.15. The van der Waals surface area contributed by atoms with Crippen molar-refractivity contribution < 1.29 is 22.7 Å². The first-order valence-corrected chi connectivity index (χ1v) is 9.63. The smallest absolute Gasteiger partial charge is 0.241 e. The Morgan fingerprint density at radius 2 is 1.75 bits per heavy atom. The van der Waals surface area contributed by atoms with Crippen molar-refractivity contribution in [3.05, 3.63) is 66.0 Å². The molecule has 0 heterocycles. The van der Waals surface area contributed by atoms with Gasteiger partial charge in [0.1, 0.15) is 5.82 Å². The van der Waals surface area contributed by atoms with Gasteiger partial charge in [0.25, 0.3) is 0 Å². The van der Waals surface area contributed by atoms with Crippen molar-refractivity contribution in [1.29, 1.82) is 0 Å². The summed E-state index contributed by atoms with van der Waals surface area (Å²) >= 11 is 1.27. The van der Waals surface area contributed by atoms with E-state index in [1.165, 1.54) is 11.8 Å². The maximum Gasteiger partial charge on any atom is 0.241 e. The van der Waals surface area contributed by atoms with Crippen molar-refractivity contribution >= 4 is 27.8 Å². The molecule has 0 saturated heterocycles. The van der Waals surface area contributed by atoms with Gasteiger partial charge < -0.3 is 9.90 Å². The van der Waals surface area contributed by atoms with Gasteiger partial charge >= 0.3 is 0 Å². The van der Waals surface area contributed by atoms with Crippen LogP contribution in [0.1, 0.15) is 5.56 Å². The van der Waals surface area contributed by atoms with Crippen LogP contribution in [0, 0.1) is 5.82 Å². The zero-order chi connectivity index (χ0) is 17.6. The number of halogens is 1. The SMILES string of the molecule is O=C([O-])[C@@H](CSCc1ccccc1)NS(=O)(=O)c1ccc(F)cc1. The number of aliphatic carboxylic acids is 1. The molecule has 5 nitrogen and oxygen atoms in total. The Kier molecular flexibility index (Phi) is 6.36. The number of hydrogen-bond donors (Lipinski definition) is 1. The molecule has 8 heteroatoms. The predicted octanol–water partition coefficient (Wildman–Crippen LogP) is 1.16. The van der Waals surface area contributed by atoms with E-state index in [4.69, 9.17) is 0 Å². The third-order valence-corrected chi connectivity index (χ3v) is 5.70. The number of carboxylic acids is 1. The molecule has 2 aromatic rings. The molecule has 0 aliphatic rings. The standard InChI is InChI=1S/C16H16FNO4S2/c17-13-6-8-14(9-7-13)24(21,22)18-15(16(19)20)11-23-10-12-4-2-1-3-5-12/h1-9,15,18H,10-11H2,(H,19,20)/p-1/t15-/m1/s1. The molecule has 0 bridgehead atoms. The first-order valence-electron chi connectivity index (χ1n) is 6.99. The summed E-state index contributed by atoms with van der Waals surface area (Å²) in [7, 11) is -4.07. The van der Waals surface area contributed by atoms with Crippen molar-refractivity contribution in [3.8, 4) is 0 Å². The fraction of sp³-hybridized carbons (Fsp3) is 0.188. The Balaban J connectivity index is 2.00. The largest absolute Gasteiger partial charge is 0.548 e.